The van der Waals surface area contributed by atoms with Crippen LogP contribution in [0.4, 0.5) is 5.69 Å². The number of hydrogen-bond acceptors (Lipinski definition) is 4. The highest BCUT2D eigenvalue weighted by Gasteiger charge is 2.48. The van der Waals surface area contributed by atoms with Crippen LogP contribution in [0.5, 0.6) is 0 Å². The third-order valence-corrected chi connectivity index (χ3v) is 5.36. The van der Waals surface area contributed by atoms with Crippen LogP contribution in [-0.4, -0.2) is 56.5 Å². The maximum absolute atomic E-state index is 12.9. The number of carbonyl (C=O) groups is 2. The molecule has 6 nitrogen and oxygen atoms in total. The summed E-state index contributed by atoms with van der Waals surface area (Å²) in [5.41, 5.74) is 2.39. The summed E-state index contributed by atoms with van der Waals surface area (Å²) in [6.45, 7) is 4.72. The summed E-state index contributed by atoms with van der Waals surface area (Å²) in [5, 5.41) is 9.17. The van der Waals surface area contributed by atoms with Gasteiger partial charge in [-0.1, -0.05) is 19.9 Å². The van der Waals surface area contributed by atoms with Gasteiger partial charge >= 0.3 is 0 Å². The van der Waals surface area contributed by atoms with Gasteiger partial charge in [0, 0.05) is 45.2 Å². The Morgan fingerprint density at radius 2 is 1.92 bits per heavy atom. The maximum Gasteiger partial charge on any atom is 0.246 e. The minimum Gasteiger partial charge on any atom is -0.388 e. The molecule has 1 aliphatic rings. The van der Waals surface area contributed by atoms with E-state index in [1.165, 1.54) is 0 Å². The van der Waals surface area contributed by atoms with E-state index < -0.39 is 5.54 Å². The Morgan fingerprint density at radius 1 is 1.24 bits per heavy atom. The molecule has 0 fully saturated rings. The van der Waals surface area contributed by atoms with Gasteiger partial charge in [0.1, 0.15) is 5.54 Å². The molecule has 0 radical (unpaired) electrons. The van der Waals surface area contributed by atoms with Crippen LogP contribution in [0.2, 0.25) is 0 Å². The summed E-state index contributed by atoms with van der Waals surface area (Å²) in [4.78, 5) is 26.5. The average molecular weight is 346 g/mol. The molecule has 0 aromatic heterocycles. The van der Waals surface area contributed by atoms with Gasteiger partial charge in [0.2, 0.25) is 12.3 Å². The van der Waals surface area contributed by atoms with Gasteiger partial charge in [-0.2, -0.15) is 0 Å². The van der Waals surface area contributed by atoms with E-state index in [0.29, 0.717) is 25.3 Å². The number of rotatable bonds is 8. The zero-order valence-corrected chi connectivity index (χ0v) is 15.8. The number of nitrogens with zero attached hydrogens (tertiary/aromatic N) is 1. The maximum atomic E-state index is 12.9. The van der Waals surface area contributed by atoms with E-state index >= 15 is 0 Å². The van der Waals surface area contributed by atoms with Gasteiger partial charge in [0.05, 0.1) is 0 Å². The lowest BCUT2D eigenvalue weighted by atomic mass is 9.90. The molecule has 6 heteroatoms. The van der Waals surface area contributed by atoms with Gasteiger partial charge in [0.15, 0.2) is 0 Å². The highest BCUT2D eigenvalue weighted by atomic mass is 16.2. The highest BCUT2D eigenvalue weighted by molar-refractivity contribution is 5.90. The van der Waals surface area contributed by atoms with Crippen LogP contribution < -0.4 is 16.0 Å². The minimum atomic E-state index is -0.866. The monoisotopic (exact) mass is 346 g/mol. The Kier molecular flexibility index (Phi) is 6.06. The molecule has 1 aromatic carbocycles. The minimum absolute atomic E-state index is 0.111. The second-order valence-electron chi connectivity index (χ2n) is 7.09. The van der Waals surface area contributed by atoms with Crippen LogP contribution in [0.3, 0.4) is 0 Å². The lowest BCUT2D eigenvalue weighted by Crippen LogP contribution is -2.61. The number of likely N-dealkylation sites (N-methyl/N-ethyl adjacent to an activating group) is 2. The number of anilines is 1. The number of hydrogen-bond donors (Lipinski definition) is 3. The van der Waals surface area contributed by atoms with Gasteiger partial charge in [-0.25, -0.2) is 0 Å². The van der Waals surface area contributed by atoms with Crippen LogP contribution in [0.25, 0.3) is 0 Å². The molecule has 3 N–H and O–H groups in total. The van der Waals surface area contributed by atoms with Crippen molar-refractivity contribution in [3.05, 3.63) is 29.3 Å². The van der Waals surface area contributed by atoms with E-state index in [0.717, 1.165) is 23.2 Å². The first kappa shape index (κ1) is 19.2. The molecule has 25 heavy (non-hydrogen) atoms. The van der Waals surface area contributed by atoms with Gasteiger partial charge in [0.25, 0.3) is 0 Å². The van der Waals surface area contributed by atoms with Gasteiger partial charge in [-0.3, -0.25) is 9.59 Å². The molecule has 2 atom stereocenters. The van der Waals surface area contributed by atoms with E-state index in [-0.39, 0.29) is 11.9 Å². The van der Waals surface area contributed by atoms with Crippen molar-refractivity contribution in [1.29, 1.82) is 0 Å². The smallest absolute Gasteiger partial charge is 0.246 e. The van der Waals surface area contributed by atoms with Gasteiger partial charge < -0.3 is 20.9 Å². The predicted octanol–water partition coefficient (Wildman–Crippen LogP) is 1.01. The van der Waals surface area contributed by atoms with Crippen molar-refractivity contribution in [3.8, 4) is 0 Å². The first-order valence-corrected chi connectivity index (χ1v) is 8.83. The molecule has 0 saturated carbocycles. The van der Waals surface area contributed by atoms with E-state index in [4.69, 9.17) is 0 Å². The summed E-state index contributed by atoms with van der Waals surface area (Å²) in [6, 6.07) is 6.26. The topological polar surface area (TPSA) is 73.5 Å². The molecule has 1 aromatic rings. The molecule has 2 unspecified atom stereocenters. The molecule has 0 bridgehead atoms. The van der Waals surface area contributed by atoms with Crippen molar-refractivity contribution in [2.24, 2.45) is 5.92 Å². The van der Waals surface area contributed by atoms with Gasteiger partial charge in [-0.05, 0) is 36.2 Å². The van der Waals surface area contributed by atoms with Crippen molar-refractivity contribution in [1.82, 2.24) is 15.5 Å². The number of nitrogens with one attached hydrogen (secondary N) is 3. The standard InChI is InChI=1S/C19H30N4O2/c1-13(2)17(21-4)11-23(12-24)19(18(25)22-5)9-14-6-7-16(20-3)8-15(14)10-19/h6-8,12-13,17,20-21H,9-11H2,1-5H3,(H,22,25). The Labute approximate surface area is 150 Å². The van der Waals surface area contributed by atoms with Gasteiger partial charge in [-0.15, -0.1) is 0 Å². The van der Waals surface area contributed by atoms with Crippen LogP contribution in [0.15, 0.2) is 18.2 Å². The molecule has 138 valence electrons. The molecule has 1 aliphatic carbocycles. The van der Waals surface area contributed by atoms with E-state index in [9.17, 15) is 9.59 Å². The van der Waals surface area contributed by atoms with E-state index in [1.807, 2.05) is 26.2 Å². The average Bonchev–Trinajstić information content (AvgIpc) is 3.00. The lowest BCUT2D eigenvalue weighted by molar-refractivity contribution is -0.140. The summed E-state index contributed by atoms with van der Waals surface area (Å²) in [6.07, 6.45) is 1.90. The third-order valence-electron chi connectivity index (χ3n) is 5.36. The van der Waals surface area contributed by atoms with Crippen LogP contribution in [0.1, 0.15) is 25.0 Å². The Balaban J connectivity index is 2.38. The van der Waals surface area contributed by atoms with Crippen molar-refractivity contribution < 1.29 is 9.59 Å². The number of amides is 2. The Morgan fingerprint density at radius 3 is 2.44 bits per heavy atom. The van der Waals surface area contributed by atoms with Crippen molar-refractivity contribution in [2.45, 2.75) is 38.3 Å². The van der Waals surface area contributed by atoms with E-state index in [1.54, 1.807) is 11.9 Å². The van der Waals surface area contributed by atoms with Crippen LogP contribution >= 0.6 is 0 Å². The fourth-order valence-corrected chi connectivity index (χ4v) is 3.70. The first-order valence-electron chi connectivity index (χ1n) is 8.83. The molecule has 0 heterocycles. The molecule has 0 spiro atoms. The van der Waals surface area contributed by atoms with Crippen molar-refractivity contribution >= 4 is 18.0 Å². The molecule has 2 amide bonds. The second-order valence-corrected chi connectivity index (χ2v) is 7.09. The molecule has 0 aliphatic heterocycles. The largest absolute Gasteiger partial charge is 0.388 e. The number of carbonyl (C=O) groups excluding carboxylic acids is 2. The van der Waals surface area contributed by atoms with E-state index in [2.05, 4.69) is 35.9 Å². The SMILES string of the molecule is CNC(=O)C1(N(C=O)CC(NC)C(C)C)Cc2ccc(NC)cc2C1. The third kappa shape index (κ3) is 3.63. The molecular weight excluding hydrogens is 316 g/mol. The zero-order chi connectivity index (χ0) is 18.6. The molecule has 2 rings (SSSR count). The highest BCUT2D eigenvalue weighted by Crippen LogP contribution is 2.36. The summed E-state index contributed by atoms with van der Waals surface area (Å²) >= 11 is 0. The predicted molar refractivity (Wildman–Crippen MR) is 101 cm³/mol. The van der Waals surface area contributed by atoms with Crippen molar-refractivity contribution in [2.75, 3.05) is 33.0 Å². The van der Waals surface area contributed by atoms with Crippen LogP contribution in [0, 0.1) is 5.92 Å². The first-order chi connectivity index (χ1) is 11.9. The summed E-state index contributed by atoms with van der Waals surface area (Å²) < 4.78 is 0. The second kappa shape index (κ2) is 7.87. The zero-order valence-electron chi connectivity index (χ0n) is 15.8. The number of fused-ring (bicyclic) bond motifs is 1. The molecular formula is C19H30N4O2. The lowest BCUT2D eigenvalue weighted by Gasteiger charge is -2.39. The fourth-order valence-electron chi connectivity index (χ4n) is 3.70. The summed E-state index contributed by atoms with van der Waals surface area (Å²) in [5.74, 6) is 0.245. The van der Waals surface area contributed by atoms with Crippen molar-refractivity contribution in [3.63, 3.8) is 0 Å². The summed E-state index contributed by atoms with van der Waals surface area (Å²) in [7, 11) is 5.40. The fraction of sp³-hybridized carbons (Fsp3) is 0.579. The quantitative estimate of drug-likeness (QED) is 0.615. The Bertz CT molecular complexity index is 632. The molecule has 0 saturated heterocycles. The number of benzene rings is 1. The normalized spacial score (nSPS) is 20.1. The van der Waals surface area contributed by atoms with Crippen LogP contribution in [-0.2, 0) is 22.4 Å². The Hall–Kier alpha value is -2.08.